The molecule has 1 rings (SSSR count). The molecule has 0 aromatic carbocycles. The van der Waals surface area contributed by atoms with Crippen molar-refractivity contribution in [2.75, 3.05) is 17.2 Å². The molecule has 0 saturated heterocycles. The van der Waals surface area contributed by atoms with Gasteiger partial charge in [-0.25, -0.2) is 0 Å². The smallest absolute Gasteiger partial charge is 0.244 e. The van der Waals surface area contributed by atoms with Crippen LogP contribution in [0.3, 0.4) is 0 Å². The van der Waals surface area contributed by atoms with Crippen LogP contribution in [0.5, 0.6) is 0 Å². The molecular weight excluding hydrogens is 202 g/mol. The Kier molecular flexibility index (Phi) is 4.46. The monoisotopic (exact) mass is 223 g/mol. The van der Waals surface area contributed by atoms with Crippen molar-refractivity contribution in [2.24, 2.45) is 0 Å². The van der Waals surface area contributed by atoms with Gasteiger partial charge in [-0.1, -0.05) is 13.3 Å². The molecule has 5 heteroatoms. The molecular formula is C11H21N5. The first-order valence-corrected chi connectivity index (χ1v) is 5.73. The van der Waals surface area contributed by atoms with Gasteiger partial charge in [0.25, 0.3) is 0 Å². The van der Waals surface area contributed by atoms with Crippen LogP contribution in [0.2, 0.25) is 0 Å². The zero-order chi connectivity index (χ0) is 12.0. The molecule has 16 heavy (non-hydrogen) atoms. The average molecular weight is 223 g/mol. The average Bonchev–Trinajstić information content (AvgIpc) is 2.16. The Morgan fingerprint density at radius 2 is 2.06 bits per heavy atom. The Labute approximate surface area is 97.1 Å². The lowest BCUT2D eigenvalue weighted by molar-refractivity contribution is 0.628. The molecule has 1 aromatic heterocycles. The summed E-state index contributed by atoms with van der Waals surface area (Å²) in [6, 6.07) is 0. The minimum atomic E-state index is -0.0171. The van der Waals surface area contributed by atoms with E-state index in [1.54, 1.807) is 6.20 Å². The number of unbranched alkanes of at least 4 members (excludes halogenated alkanes) is 1. The van der Waals surface area contributed by atoms with Crippen LogP contribution in [0.25, 0.3) is 0 Å². The van der Waals surface area contributed by atoms with Crippen molar-refractivity contribution in [1.82, 2.24) is 15.2 Å². The van der Waals surface area contributed by atoms with E-state index in [1.807, 2.05) is 0 Å². The molecule has 1 heterocycles. The Morgan fingerprint density at radius 3 is 2.69 bits per heavy atom. The van der Waals surface area contributed by atoms with Crippen LogP contribution in [0.4, 0.5) is 11.8 Å². The molecule has 0 aliphatic carbocycles. The van der Waals surface area contributed by atoms with Crippen LogP contribution in [-0.2, 0) is 0 Å². The summed E-state index contributed by atoms with van der Waals surface area (Å²) < 4.78 is 0. The number of nitrogens with zero attached hydrogens (tertiary/aromatic N) is 3. The number of aromatic nitrogens is 3. The van der Waals surface area contributed by atoms with Crippen molar-refractivity contribution >= 4 is 11.8 Å². The molecule has 0 saturated carbocycles. The molecule has 90 valence electrons. The largest absolute Gasteiger partial charge is 0.364 e. The van der Waals surface area contributed by atoms with Gasteiger partial charge in [-0.15, -0.1) is 5.10 Å². The first kappa shape index (κ1) is 12.7. The van der Waals surface area contributed by atoms with E-state index >= 15 is 0 Å². The van der Waals surface area contributed by atoms with Crippen molar-refractivity contribution in [3.05, 3.63) is 6.20 Å². The summed E-state index contributed by atoms with van der Waals surface area (Å²) >= 11 is 0. The minimum Gasteiger partial charge on any atom is -0.364 e. The number of nitrogens with one attached hydrogen (secondary N) is 2. The van der Waals surface area contributed by atoms with E-state index in [0.717, 1.165) is 25.2 Å². The summed E-state index contributed by atoms with van der Waals surface area (Å²) in [6.45, 7) is 9.29. The van der Waals surface area contributed by atoms with Crippen LogP contribution in [0.1, 0.15) is 40.5 Å². The zero-order valence-corrected chi connectivity index (χ0v) is 10.5. The highest BCUT2D eigenvalue weighted by atomic mass is 15.3. The minimum absolute atomic E-state index is 0.0171. The first-order chi connectivity index (χ1) is 7.51. The fourth-order valence-electron chi connectivity index (χ4n) is 1.20. The van der Waals surface area contributed by atoms with E-state index < -0.39 is 0 Å². The molecule has 0 unspecified atom stereocenters. The Morgan fingerprint density at radius 1 is 1.31 bits per heavy atom. The predicted octanol–water partition coefficient (Wildman–Crippen LogP) is 2.29. The van der Waals surface area contributed by atoms with Gasteiger partial charge >= 0.3 is 0 Å². The van der Waals surface area contributed by atoms with Gasteiger partial charge in [-0.05, 0) is 27.2 Å². The summed E-state index contributed by atoms with van der Waals surface area (Å²) in [6.07, 6.45) is 3.90. The second-order valence-electron chi connectivity index (χ2n) is 4.82. The van der Waals surface area contributed by atoms with Gasteiger partial charge in [0.15, 0.2) is 5.82 Å². The van der Waals surface area contributed by atoms with Crippen molar-refractivity contribution in [3.63, 3.8) is 0 Å². The van der Waals surface area contributed by atoms with E-state index in [-0.39, 0.29) is 5.54 Å². The molecule has 0 bridgehead atoms. The van der Waals surface area contributed by atoms with Crippen LogP contribution in [0.15, 0.2) is 6.20 Å². The SMILES string of the molecule is CCCCNc1nncc(NC(C)(C)C)n1. The lowest BCUT2D eigenvalue weighted by Crippen LogP contribution is -2.27. The quantitative estimate of drug-likeness (QED) is 0.750. The van der Waals surface area contributed by atoms with Gasteiger partial charge in [-0.3, -0.25) is 0 Å². The van der Waals surface area contributed by atoms with Gasteiger partial charge in [0.2, 0.25) is 5.95 Å². The van der Waals surface area contributed by atoms with E-state index in [2.05, 4.69) is 53.5 Å². The van der Waals surface area contributed by atoms with Gasteiger partial charge < -0.3 is 10.6 Å². The molecule has 0 fully saturated rings. The number of hydrogen-bond acceptors (Lipinski definition) is 5. The van der Waals surface area contributed by atoms with Crippen LogP contribution >= 0.6 is 0 Å². The van der Waals surface area contributed by atoms with Crippen LogP contribution < -0.4 is 10.6 Å². The second-order valence-corrected chi connectivity index (χ2v) is 4.82. The topological polar surface area (TPSA) is 62.7 Å². The van der Waals surface area contributed by atoms with Crippen molar-refractivity contribution in [2.45, 2.75) is 46.1 Å². The number of anilines is 2. The molecule has 0 radical (unpaired) electrons. The lowest BCUT2D eigenvalue weighted by atomic mass is 10.1. The highest BCUT2D eigenvalue weighted by Crippen LogP contribution is 2.11. The summed E-state index contributed by atoms with van der Waals surface area (Å²) in [5.41, 5.74) is -0.0171. The van der Waals surface area contributed by atoms with E-state index in [4.69, 9.17) is 0 Å². The summed E-state index contributed by atoms with van der Waals surface area (Å²) in [4.78, 5) is 4.33. The summed E-state index contributed by atoms with van der Waals surface area (Å²) in [5, 5.41) is 14.2. The van der Waals surface area contributed by atoms with Gasteiger partial charge in [0, 0.05) is 12.1 Å². The molecule has 1 aromatic rings. The highest BCUT2D eigenvalue weighted by molar-refractivity contribution is 5.38. The normalized spacial score (nSPS) is 11.2. The van der Waals surface area contributed by atoms with Gasteiger partial charge in [0.05, 0.1) is 6.20 Å². The van der Waals surface area contributed by atoms with Gasteiger partial charge in [0.1, 0.15) is 0 Å². The maximum Gasteiger partial charge on any atom is 0.244 e. The van der Waals surface area contributed by atoms with Crippen molar-refractivity contribution in [1.29, 1.82) is 0 Å². The van der Waals surface area contributed by atoms with Crippen LogP contribution in [0, 0.1) is 0 Å². The zero-order valence-electron chi connectivity index (χ0n) is 10.5. The molecule has 5 nitrogen and oxygen atoms in total. The Bertz CT molecular complexity index is 318. The number of hydrogen-bond donors (Lipinski definition) is 2. The maximum atomic E-state index is 4.33. The lowest BCUT2D eigenvalue weighted by Gasteiger charge is -2.20. The molecule has 0 atom stereocenters. The third-order valence-electron chi connectivity index (χ3n) is 1.88. The fraction of sp³-hybridized carbons (Fsp3) is 0.727. The predicted molar refractivity (Wildman–Crippen MR) is 66.6 cm³/mol. The Balaban J connectivity index is 2.57. The van der Waals surface area contributed by atoms with E-state index in [0.29, 0.717) is 5.95 Å². The molecule has 0 amide bonds. The van der Waals surface area contributed by atoms with E-state index in [1.165, 1.54) is 0 Å². The summed E-state index contributed by atoms with van der Waals surface area (Å²) in [5.74, 6) is 1.34. The standard InChI is InChI=1S/C11H21N5/c1-5-6-7-12-10-14-9(8-13-16-10)15-11(2,3)4/h8H,5-7H2,1-4H3,(H2,12,14,15,16). The number of rotatable bonds is 5. The van der Waals surface area contributed by atoms with Crippen molar-refractivity contribution < 1.29 is 0 Å². The molecule has 0 aliphatic heterocycles. The fourth-order valence-corrected chi connectivity index (χ4v) is 1.20. The van der Waals surface area contributed by atoms with Gasteiger partial charge in [-0.2, -0.15) is 10.1 Å². The maximum absolute atomic E-state index is 4.33. The Hall–Kier alpha value is -1.39. The third kappa shape index (κ3) is 4.91. The molecule has 0 aliphatic rings. The molecule has 0 spiro atoms. The highest BCUT2D eigenvalue weighted by Gasteiger charge is 2.10. The third-order valence-corrected chi connectivity index (χ3v) is 1.88. The molecule has 2 N–H and O–H groups in total. The van der Waals surface area contributed by atoms with Crippen LogP contribution in [-0.4, -0.2) is 27.3 Å². The van der Waals surface area contributed by atoms with Crippen molar-refractivity contribution in [3.8, 4) is 0 Å². The second kappa shape index (κ2) is 5.63. The van der Waals surface area contributed by atoms with E-state index in [9.17, 15) is 0 Å². The summed E-state index contributed by atoms with van der Waals surface area (Å²) in [7, 11) is 0. The first-order valence-electron chi connectivity index (χ1n) is 5.73.